The molecule has 0 heterocycles. The fraction of sp³-hybridized carbons (Fsp3) is 0.467. The minimum Gasteiger partial charge on any atom is -0.392 e. The zero-order chi connectivity index (χ0) is 12.4. The van der Waals surface area contributed by atoms with E-state index in [-0.39, 0.29) is 6.61 Å². The molecule has 0 atom stereocenters. The van der Waals surface area contributed by atoms with E-state index in [1.165, 1.54) is 11.1 Å². The van der Waals surface area contributed by atoms with E-state index in [2.05, 4.69) is 38.7 Å². The average Bonchev–Trinajstić information content (AvgIpc) is 2.17. The highest BCUT2D eigenvalue weighted by Crippen LogP contribution is 2.05. The lowest BCUT2D eigenvalue weighted by molar-refractivity contribution is 0.342. The van der Waals surface area contributed by atoms with Gasteiger partial charge in [0.25, 0.3) is 0 Å². The van der Waals surface area contributed by atoms with Crippen LogP contribution >= 0.6 is 0 Å². The minimum absolute atomic E-state index is 0.0593. The molecule has 16 heavy (non-hydrogen) atoms. The molecular formula is C15H22O. The lowest BCUT2D eigenvalue weighted by atomic mass is 10.1. The van der Waals surface area contributed by atoms with Crippen molar-refractivity contribution >= 4 is 0 Å². The highest BCUT2D eigenvalue weighted by molar-refractivity contribution is 5.32. The van der Waals surface area contributed by atoms with Gasteiger partial charge in [0.2, 0.25) is 0 Å². The van der Waals surface area contributed by atoms with E-state index >= 15 is 0 Å². The van der Waals surface area contributed by atoms with Crippen LogP contribution in [0, 0.1) is 11.8 Å². The smallest absolute Gasteiger partial charge is 0.0624 e. The molecule has 0 aromatic heterocycles. The van der Waals surface area contributed by atoms with Crippen molar-refractivity contribution in [2.24, 2.45) is 0 Å². The van der Waals surface area contributed by atoms with E-state index in [1.54, 1.807) is 6.08 Å². The number of hydrogen-bond acceptors (Lipinski definition) is 1. The highest BCUT2D eigenvalue weighted by atomic mass is 16.2. The summed E-state index contributed by atoms with van der Waals surface area (Å²) in [5.74, 6) is 5.97. The van der Waals surface area contributed by atoms with Gasteiger partial charge in [0.15, 0.2) is 0 Å². The van der Waals surface area contributed by atoms with Crippen molar-refractivity contribution < 1.29 is 5.11 Å². The molecule has 0 radical (unpaired) electrons. The second kappa shape index (κ2) is 9.00. The SMILES string of the molecule is CC(C)=CCC/C(C)=C/C#C/C(C)=C/CO. The maximum Gasteiger partial charge on any atom is 0.0624 e. The summed E-state index contributed by atoms with van der Waals surface area (Å²) >= 11 is 0. The van der Waals surface area contributed by atoms with Gasteiger partial charge in [0, 0.05) is 0 Å². The summed E-state index contributed by atoms with van der Waals surface area (Å²) in [5.41, 5.74) is 3.57. The van der Waals surface area contributed by atoms with Gasteiger partial charge in [-0.1, -0.05) is 29.1 Å². The molecule has 0 aliphatic carbocycles. The Labute approximate surface area is 99.6 Å². The molecule has 0 saturated heterocycles. The molecule has 0 bridgehead atoms. The first-order chi connectivity index (χ1) is 7.56. The van der Waals surface area contributed by atoms with Gasteiger partial charge in [-0.25, -0.2) is 0 Å². The van der Waals surface area contributed by atoms with Gasteiger partial charge < -0.3 is 5.11 Å². The molecule has 0 saturated carbocycles. The van der Waals surface area contributed by atoms with Crippen molar-refractivity contribution in [2.45, 2.75) is 40.5 Å². The third-order valence-electron chi connectivity index (χ3n) is 2.08. The number of aliphatic hydroxyl groups excluding tert-OH is 1. The van der Waals surface area contributed by atoms with Gasteiger partial charge in [-0.05, 0) is 58.3 Å². The summed E-state index contributed by atoms with van der Waals surface area (Å²) in [6, 6.07) is 0. The molecule has 0 aromatic rings. The molecule has 0 spiro atoms. The Hall–Kier alpha value is -1.26. The van der Waals surface area contributed by atoms with Crippen molar-refractivity contribution in [1.82, 2.24) is 0 Å². The number of hydrogen-bond donors (Lipinski definition) is 1. The third kappa shape index (κ3) is 9.30. The Morgan fingerprint density at radius 2 is 1.81 bits per heavy atom. The number of rotatable bonds is 4. The van der Waals surface area contributed by atoms with Crippen molar-refractivity contribution in [1.29, 1.82) is 0 Å². The van der Waals surface area contributed by atoms with Crippen LogP contribution in [0.4, 0.5) is 0 Å². The number of allylic oxidation sites excluding steroid dienone is 5. The van der Waals surface area contributed by atoms with Crippen LogP contribution in [-0.2, 0) is 0 Å². The summed E-state index contributed by atoms with van der Waals surface area (Å²) in [4.78, 5) is 0. The van der Waals surface area contributed by atoms with Crippen molar-refractivity contribution in [3.63, 3.8) is 0 Å². The van der Waals surface area contributed by atoms with Crippen molar-refractivity contribution in [3.8, 4) is 11.8 Å². The average molecular weight is 218 g/mol. The molecule has 0 unspecified atom stereocenters. The zero-order valence-corrected chi connectivity index (χ0v) is 10.8. The van der Waals surface area contributed by atoms with E-state index in [1.807, 2.05) is 13.0 Å². The van der Waals surface area contributed by atoms with Crippen LogP contribution in [-0.4, -0.2) is 11.7 Å². The van der Waals surface area contributed by atoms with Gasteiger partial charge in [-0.3, -0.25) is 0 Å². The van der Waals surface area contributed by atoms with Crippen LogP contribution in [0.25, 0.3) is 0 Å². The van der Waals surface area contributed by atoms with E-state index in [9.17, 15) is 0 Å². The first-order valence-electron chi connectivity index (χ1n) is 5.64. The van der Waals surface area contributed by atoms with Gasteiger partial charge in [0.05, 0.1) is 6.61 Å². The van der Waals surface area contributed by atoms with Crippen LogP contribution in [0.3, 0.4) is 0 Å². The topological polar surface area (TPSA) is 20.2 Å². The van der Waals surface area contributed by atoms with Gasteiger partial charge in [-0.2, -0.15) is 0 Å². The Balaban J connectivity index is 4.14. The molecule has 1 N–H and O–H groups in total. The lowest BCUT2D eigenvalue weighted by Gasteiger charge is -1.95. The molecule has 88 valence electrons. The maximum absolute atomic E-state index is 8.65. The molecular weight excluding hydrogens is 196 g/mol. The molecule has 0 rings (SSSR count). The second-order valence-corrected chi connectivity index (χ2v) is 4.15. The fourth-order valence-corrected chi connectivity index (χ4v) is 1.12. The quantitative estimate of drug-likeness (QED) is 0.564. The highest BCUT2D eigenvalue weighted by Gasteiger charge is 1.86. The fourth-order valence-electron chi connectivity index (χ4n) is 1.12. The minimum atomic E-state index is 0.0593. The van der Waals surface area contributed by atoms with Gasteiger partial charge in [0.1, 0.15) is 0 Å². The Morgan fingerprint density at radius 3 is 2.38 bits per heavy atom. The molecule has 0 amide bonds. The molecule has 0 aliphatic rings. The van der Waals surface area contributed by atoms with Crippen LogP contribution in [0.15, 0.2) is 34.9 Å². The Bertz CT molecular complexity index is 341. The van der Waals surface area contributed by atoms with Crippen LogP contribution in [0.1, 0.15) is 40.5 Å². The largest absolute Gasteiger partial charge is 0.392 e. The number of aliphatic hydroxyl groups is 1. The Morgan fingerprint density at radius 1 is 1.12 bits per heavy atom. The molecule has 1 nitrogen and oxygen atoms in total. The summed E-state index contributed by atoms with van der Waals surface area (Å²) in [7, 11) is 0. The maximum atomic E-state index is 8.65. The molecule has 0 fully saturated rings. The van der Waals surface area contributed by atoms with Crippen LogP contribution in [0.2, 0.25) is 0 Å². The van der Waals surface area contributed by atoms with E-state index in [0.29, 0.717) is 0 Å². The molecule has 1 heteroatoms. The van der Waals surface area contributed by atoms with Gasteiger partial charge >= 0.3 is 0 Å². The van der Waals surface area contributed by atoms with Gasteiger partial charge in [-0.15, -0.1) is 0 Å². The predicted molar refractivity (Wildman–Crippen MR) is 71.0 cm³/mol. The predicted octanol–water partition coefficient (Wildman–Crippen LogP) is 3.62. The monoisotopic (exact) mass is 218 g/mol. The summed E-state index contributed by atoms with van der Waals surface area (Å²) in [6.07, 6.45) is 8.04. The third-order valence-corrected chi connectivity index (χ3v) is 2.08. The lowest BCUT2D eigenvalue weighted by Crippen LogP contribution is -1.77. The van der Waals surface area contributed by atoms with E-state index < -0.39 is 0 Å². The molecule has 0 aromatic carbocycles. The summed E-state index contributed by atoms with van der Waals surface area (Å²) in [6.45, 7) is 8.28. The summed E-state index contributed by atoms with van der Waals surface area (Å²) < 4.78 is 0. The van der Waals surface area contributed by atoms with Crippen molar-refractivity contribution in [2.75, 3.05) is 6.61 Å². The van der Waals surface area contributed by atoms with E-state index in [0.717, 1.165) is 18.4 Å². The van der Waals surface area contributed by atoms with E-state index in [4.69, 9.17) is 5.11 Å². The van der Waals surface area contributed by atoms with Crippen LogP contribution < -0.4 is 0 Å². The standard InChI is InChI=1S/C15H22O/c1-13(2)7-5-8-14(3)9-6-10-15(4)11-12-16/h7,9,11,16H,5,8,12H2,1-4H3/b14-9+,15-11+. The summed E-state index contributed by atoms with van der Waals surface area (Å²) in [5, 5.41) is 8.65. The first kappa shape index (κ1) is 14.7. The Kier molecular flexibility index (Phi) is 8.29. The molecule has 0 aliphatic heterocycles. The first-order valence-corrected chi connectivity index (χ1v) is 5.64. The second-order valence-electron chi connectivity index (χ2n) is 4.15. The zero-order valence-electron chi connectivity index (χ0n) is 10.8. The van der Waals surface area contributed by atoms with Crippen molar-refractivity contribution in [3.05, 3.63) is 34.9 Å². The normalized spacial score (nSPS) is 11.8. The van der Waals surface area contributed by atoms with Crippen LogP contribution in [0.5, 0.6) is 0 Å².